The lowest BCUT2D eigenvalue weighted by molar-refractivity contribution is 0.103. The van der Waals surface area contributed by atoms with Gasteiger partial charge in [-0.05, 0) is 36.4 Å². The summed E-state index contributed by atoms with van der Waals surface area (Å²) >= 11 is 6.65. The molecule has 110 valence electrons. The molecule has 2 nitrogen and oxygen atoms in total. The van der Waals surface area contributed by atoms with Gasteiger partial charge in [-0.1, -0.05) is 68.3 Å². The van der Waals surface area contributed by atoms with E-state index in [1.165, 1.54) is 12.2 Å². The molecule has 0 spiro atoms. The second-order valence-electron chi connectivity index (χ2n) is 4.47. The van der Waals surface area contributed by atoms with Crippen LogP contribution in [0.1, 0.15) is 20.7 Å². The molecule has 0 saturated heterocycles. The SMILES string of the molecule is O=C(/C=C/C=C/C(=O)c1cccc(Br)c1)c1cccc(Br)c1. The van der Waals surface area contributed by atoms with E-state index in [4.69, 9.17) is 0 Å². The molecule has 0 unspecified atom stereocenters. The van der Waals surface area contributed by atoms with Crippen LogP contribution in [0, 0.1) is 0 Å². The summed E-state index contributed by atoms with van der Waals surface area (Å²) in [7, 11) is 0. The van der Waals surface area contributed by atoms with Crippen LogP contribution in [0.5, 0.6) is 0 Å². The minimum Gasteiger partial charge on any atom is -0.289 e. The second-order valence-corrected chi connectivity index (χ2v) is 6.30. The highest BCUT2D eigenvalue weighted by molar-refractivity contribution is 9.10. The van der Waals surface area contributed by atoms with Gasteiger partial charge in [0.15, 0.2) is 11.6 Å². The Bertz CT molecular complexity index is 696. The van der Waals surface area contributed by atoms with Gasteiger partial charge in [0.05, 0.1) is 0 Å². The summed E-state index contributed by atoms with van der Waals surface area (Å²) in [5, 5.41) is 0. The first-order valence-corrected chi connectivity index (χ1v) is 8.09. The van der Waals surface area contributed by atoms with Crippen molar-refractivity contribution in [3.63, 3.8) is 0 Å². The molecule has 0 aliphatic heterocycles. The smallest absolute Gasteiger partial charge is 0.185 e. The van der Waals surface area contributed by atoms with Crippen LogP contribution in [0.3, 0.4) is 0 Å². The molecule has 0 radical (unpaired) electrons. The third-order valence-corrected chi connectivity index (χ3v) is 3.81. The molecule has 22 heavy (non-hydrogen) atoms. The minimum absolute atomic E-state index is 0.110. The monoisotopic (exact) mass is 418 g/mol. The van der Waals surface area contributed by atoms with Crippen molar-refractivity contribution in [3.8, 4) is 0 Å². The minimum atomic E-state index is -0.110. The lowest BCUT2D eigenvalue weighted by Crippen LogP contribution is -1.94. The zero-order chi connectivity index (χ0) is 15.9. The number of halogens is 2. The first-order valence-electron chi connectivity index (χ1n) is 6.51. The molecule has 0 aliphatic carbocycles. The summed E-state index contributed by atoms with van der Waals surface area (Å²) in [6.07, 6.45) is 6.01. The molecular formula is C18H12Br2O2. The van der Waals surface area contributed by atoms with E-state index in [1.807, 2.05) is 12.1 Å². The zero-order valence-corrected chi connectivity index (χ0v) is 14.7. The Morgan fingerprint density at radius 3 is 1.50 bits per heavy atom. The van der Waals surface area contributed by atoms with Crippen LogP contribution in [0.15, 0.2) is 81.8 Å². The average molecular weight is 420 g/mol. The molecule has 4 heteroatoms. The molecule has 0 aromatic heterocycles. The number of benzene rings is 2. The van der Waals surface area contributed by atoms with E-state index in [9.17, 15) is 9.59 Å². The lowest BCUT2D eigenvalue weighted by atomic mass is 10.1. The highest BCUT2D eigenvalue weighted by Gasteiger charge is 2.02. The highest BCUT2D eigenvalue weighted by Crippen LogP contribution is 2.13. The van der Waals surface area contributed by atoms with E-state index in [-0.39, 0.29) is 11.6 Å². The molecule has 0 fully saturated rings. The fourth-order valence-corrected chi connectivity index (χ4v) is 2.56. The van der Waals surface area contributed by atoms with Gasteiger partial charge in [0.1, 0.15) is 0 Å². The summed E-state index contributed by atoms with van der Waals surface area (Å²) in [6, 6.07) is 14.3. The normalized spacial score (nSPS) is 11.2. The van der Waals surface area contributed by atoms with Gasteiger partial charge in [-0.3, -0.25) is 9.59 Å². The molecule has 0 saturated carbocycles. The van der Waals surface area contributed by atoms with Crippen LogP contribution in [-0.4, -0.2) is 11.6 Å². The maximum Gasteiger partial charge on any atom is 0.185 e. The van der Waals surface area contributed by atoms with Crippen LogP contribution in [0.2, 0.25) is 0 Å². The number of hydrogen-bond donors (Lipinski definition) is 0. The quantitative estimate of drug-likeness (QED) is 0.370. The second kappa shape index (κ2) is 8.01. The van der Waals surface area contributed by atoms with Gasteiger partial charge in [0, 0.05) is 20.1 Å². The van der Waals surface area contributed by atoms with Gasteiger partial charge >= 0.3 is 0 Å². The molecule has 2 rings (SSSR count). The summed E-state index contributed by atoms with van der Waals surface area (Å²) < 4.78 is 1.71. The van der Waals surface area contributed by atoms with Gasteiger partial charge < -0.3 is 0 Å². The predicted molar refractivity (Wildman–Crippen MR) is 95.2 cm³/mol. The third kappa shape index (κ3) is 4.90. The van der Waals surface area contributed by atoms with Crippen LogP contribution >= 0.6 is 31.9 Å². The number of hydrogen-bond acceptors (Lipinski definition) is 2. The van der Waals surface area contributed by atoms with E-state index in [0.717, 1.165) is 8.95 Å². The number of allylic oxidation sites excluding steroid dienone is 4. The molecule has 0 amide bonds. The van der Waals surface area contributed by atoms with Crippen LogP contribution < -0.4 is 0 Å². The first kappa shape index (κ1) is 16.6. The van der Waals surface area contributed by atoms with Crippen molar-refractivity contribution in [2.24, 2.45) is 0 Å². The molecule has 0 N–H and O–H groups in total. The Kier molecular flexibility index (Phi) is 6.04. The van der Waals surface area contributed by atoms with Gasteiger partial charge in [0.25, 0.3) is 0 Å². The molecule has 0 atom stereocenters. The Hall–Kier alpha value is -1.78. The zero-order valence-electron chi connectivity index (χ0n) is 11.5. The van der Waals surface area contributed by atoms with Crippen molar-refractivity contribution in [1.29, 1.82) is 0 Å². The molecular weight excluding hydrogens is 408 g/mol. The van der Waals surface area contributed by atoms with Gasteiger partial charge in [-0.25, -0.2) is 0 Å². The molecule has 0 aliphatic rings. The fourth-order valence-electron chi connectivity index (χ4n) is 1.76. The lowest BCUT2D eigenvalue weighted by Gasteiger charge is -1.96. The van der Waals surface area contributed by atoms with Crippen molar-refractivity contribution >= 4 is 43.4 Å². The molecule has 2 aromatic rings. The van der Waals surface area contributed by atoms with Gasteiger partial charge in [-0.2, -0.15) is 0 Å². The van der Waals surface area contributed by atoms with Gasteiger partial charge in [0.2, 0.25) is 0 Å². The van der Waals surface area contributed by atoms with Crippen molar-refractivity contribution in [2.45, 2.75) is 0 Å². The maximum absolute atomic E-state index is 11.9. The Labute approximate surface area is 145 Å². The van der Waals surface area contributed by atoms with Crippen molar-refractivity contribution in [2.75, 3.05) is 0 Å². The van der Waals surface area contributed by atoms with Crippen LogP contribution in [0.4, 0.5) is 0 Å². The summed E-state index contributed by atoms with van der Waals surface area (Å²) in [4.78, 5) is 23.8. The van der Waals surface area contributed by atoms with Crippen molar-refractivity contribution < 1.29 is 9.59 Å². The standard InChI is InChI=1S/C18H12Br2O2/c19-15-7-3-5-13(11-15)17(21)9-1-2-10-18(22)14-6-4-8-16(20)12-14/h1-12H/b9-1+,10-2+. The van der Waals surface area contributed by atoms with E-state index in [1.54, 1.807) is 48.6 Å². The fraction of sp³-hybridized carbons (Fsp3) is 0. The summed E-state index contributed by atoms with van der Waals surface area (Å²) in [5.74, 6) is -0.221. The highest BCUT2D eigenvalue weighted by atomic mass is 79.9. The van der Waals surface area contributed by atoms with Gasteiger partial charge in [-0.15, -0.1) is 0 Å². The van der Waals surface area contributed by atoms with Crippen LogP contribution in [-0.2, 0) is 0 Å². The van der Waals surface area contributed by atoms with E-state index in [0.29, 0.717) is 11.1 Å². The molecule has 0 bridgehead atoms. The molecule has 2 aromatic carbocycles. The largest absolute Gasteiger partial charge is 0.289 e. The summed E-state index contributed by atoms with van der Waals surface area (Å²) in [5.41, 5.74) is 1.19. The Balaban J connectivity index is 2.00. The maximum atomic E-state index is 11.9. The topological polar surface area (TPSA) is 34.1 Å². The van der Waals surface area contributed by atoms with Crippen molar-refractivity contribution in [1.82, 2.24) is 0 Å². The van der Waals surface area contributed by atoms with E-state index < -0.39 is 0 Å². The Morgan fingerprint density at radius 2 is 1.14 bits per heavy atom. The number of carbonyl (C=O) groups is 2. The third-order valence-electron chi connectivity index (χ3n) is 2.82. The van der Waals surface area contributed by atoms with Crippen molar-refractivity contribution in [3.05, 3.63) is 92.9 Å². The number of rotatable bonds is 5. The van der Waals surface area contributed by atoms with Crippen LogP contribution in [0.25, 0.3) is 0 Å². The summed E-state index contributed by atoms with van der Waals surface area (Å²) in [6.45, 7) is 0. The number of ketones is 2. The van der Waals surface area contributed by atoms with E-state index >= 15 is 0 Å². The molecule has 0 heterocycles. The predicted octanol–water partition coefficient (Wildman–Crippen LogP) is 5.39. The Morgan fingerprint density at radius 1 is 0.727 bits per heavy atom. The first-order chi connectivity index (χ1) is 10.6. The van der Waals surface area contributed by atoms with E-state index in [2.05, 4.69) is 31.9 Å². The average Bonchev–Trinajstić information content (AvgIpc) is 2.51. The number of carbonyl (C=O) groups excluding carboxylic acids is 2.